The number of nitrogens with two attached hydrogens (primary N) is 1. The molecule has 0 saturated heterocycles. The van der Waals surface area contributed by atoms with Crippen molar-refractivity contribution in [2.75, 3.05) is 19.7 Å². The average molecular weight is 272 g/mol. The summed E-state index contributed by atoms with van der Waals surface area (Å²) >= 11 is 0. The summed E-state index contributed by atoms with van der Waals surface area (Å²) in [6, 6.07) is 14.1. The third-order valence-corrected chi connectivity index (χ3v) is 3.19. The molecule has 0 spiro atoms. The first-order valence-corrected chi connectivity index (χ1v) is 6.80. The van der Waals surface area contributed by atoms with Gasteiger partial charge in [-0.1, -0.05) is 37.3 Å². The van der Waals surface area contributed by atoms with Crippen LogP contribution in [0.1, 0.15) is 6.92 Å². The number of ether oxygens (including phenoxy) is 1. The molecule has 0 heterocycles. The van der Waals surface area contributed by atoms with Crippen molar-refractivity contribution in [2.24, 2.45) is 11.7 Å². The highest BCUT2D eigenvalue weighted by Crippen LogP contribution is 2.20. The Morgan fingerprint density at radius 1 is 1.25 bits per heavy atom. The Balaban J connectivity index is 1.82. The second-order valence-corrected chi connectivity index (χ2v) is 4.79. The van der Waals surface area contributed by atoms with Gasteiger partial charge in [-0.05, 0) is 22.9 Å². The van der Waals surface area contributed by atoms with E-state index in [2.05, 4.69) is 11.4 Å². The van der Waals surface area contributed by atoms with Crippen LogP contribution in [-0.2, 0) is 4.79 Å². The van der Waals surface area contributed by atoms with Gasteiger partial charge in [0.25, 0.3) is 0 Å². The maximum Gasteiger partial charge on any atom is 0.224 e. The molecule has 3 N–H and O–H groups in total. The Morgan fingerprint density at radius 3 is 2.75 bits per heavy atom. The van der Waals surface area contributed by atoms with Gasteiger partial charge in [0.1, 0.15) is 12.4 Å². The molecule has 0 saturated carbocycles. The van der Waals surface area contributed by atoms with Crippen LogP contribution in [0.3, 0.4) is 0 Å². The zero-order valence-electron chi connectivity index (χ0n) is 11.6. The normalized spacial score (nSPS) is 12.1. The zero-order valence-corrected chi connectivity index (χ0v) is 11.6. The number of benzene rings is 2. The Labute approximate surface area is 118 Å². The predicted octanol–water partition coefficient (Wildman–Crippen LogP) is 1.93. The minimum Gasteiger partial charge on any atom is -0.492 e. The van der Waals surface area contributed by atoms with Crippen molar-refractivity contribution in [2.45, 2.75) is 6.92 Å². The summed E-state index contributed by atoms with van der Waals surface area (Å²) in [6.45, 7) is 3.09. The van der Waals surface area contributed by atoms with Crippen molar-refractivity contribution in [3.05, 3.63) is 42.5 Å². The molecule has 2 rings (SSSR count). The number of nitrogens with one attached hydrogen (secondary N) is 1. The maximum absolute atomic E-state index is 11.5. The first-order valence-electron chi connectivity index (χ1n) is 6.80. The quantitative estimate of drug-likeness (QED) is 0.790. The van der Waals surface area contributed by atoms with Gasteiger partial charge in [-0.25, -0.2) is 0 Å². The van der Waals surface area contributed by atoms with Crippen molar-refractivity contribution < 1.29 is 9.53 Å². The van der Waals surface area contributed by atoms with E-state index in [0.29, 0.717) is 19.7 Å². The summed E-state index contributed by atoms with van der Waals surface area (Å²) in [7, 11) is 0. The van der Waals surface area contributed by atoms with E-state index >= 15 is 0 Å². The Bertz CT molecular complexity index is 583. The van der Waals surface area contributed by atoms with Crippen molar-refractivity contribution in [1.29, 1.82) is 0 Å². The summed E-state index contributed by atoms with van der Waals surface area (Å²) in [6.07, 6.45) is 0. The van der Waals surface area contributed by atoms with Crippen LogP contribution in [0.15, 0.2) is 42.5 Å². The van der Waals surface area contributed by atoms with E-state index in [0.717, 1.165) is 11.1 Å². The second kappa shape index (κ2) is 6.91. The molecule has 0 aliphatic heterocycles. The minimum absolute atomic E-state index is 0.0328. The van der Waals surface area contributed by atoms with Crippen LogP contribution in [0.2, 0.25) is 0 Å². The Hall–Kier alpha value is -2.07. The lowest BCUT2D eigenvalue weighted by Crippen LogP contribution is -2.35. The summed E-state index contributed by atoms with van der Waals surface area (Å²) in [5.74, 6) is 0.620. The predicted molar refractivity (Wildman–Crippen MR) is 80.7 cm³/mol. The SMILES string of the molecule is CC(CN)C(=O)NCCOc1ccc2ccccc2c1. The number of hydrogen-bond donors (Lipinski definition) is 2. The van der Waals surface area contributed by atoms with Crippen molar-refractivity contribution >= 4 is 16.7 Å². The molecule has 0 aliphatic rings. The number of carbonyl (C=O) groups excluding carboxylic acids is 1. The lowest BCUT2D eigenvalue weighted by Gasteiger charge is -2.11. The molecular weight excluding hydrogens is 252 g/mol. The summed E-state index contributed by atoms with van der Waals surface area (Å²) in [5.41, 5.74) is 5.43. The second-order valence-electron chi connectivity index (χ2n) is 4.79. The Kier molecular flexibility index (Phi) is 4.96. The van der Waals surface area contributed by atoms with Crippen molar-refractivity contribution in [3.63, 3.8) is 0 Å². The number of hydrogen-bond acceptors (Lipinski definition) is 3. The molecule has 4 heteroatoms. The van der Waals surface area contributed by atoms with Gasteiger partial charge in [0, 0.05) is 12.5 Å². The van der Waals surface area contributed by atoms with Gasteiger partial charge in [0.2, 0.25) is 5.91 Å². The molecule has 2 aromatic rings. The van der Waals surface area contributed by atoms with Crippen molar-refractivity contribution in [1.82, 2.24) is 5.32 Å². The summed E-state index contributed by atoms with van der Waals surface area (Å²) in [4.78, 5) is 11.5. The summed E-state index contributed by atoms with van der Waals surface area (Å²) < 4.78 is 5.63. The highest BCUT2D eigenvalue weighted by molar-refractivity contribution is 5.83. The number of carbonyl (C=O) groups is 1. The standard InChI is InChI=1S/C16H20N2O2/c1-12(11-17)16(19)18-8-9-20-15-7-6-13-4-2-3-5-14(13)10-15/h2-7,10,12H,8-9,11,17H2,1H3,(H,18,19). The van der Waals surface area contributed by atoms with Crippen LogP contribution in [0, 0.1) is 5.92 Å². The van der Waals surface area contributed by atoms with Gasteiger partial charge in [0.05, 0.1) is 6.54 Å². The van der Waals surface area contributed by atoms with E-state index in [4.69, 9.17) is 10.5 Å². The molecule has 4 nitrogen and oxygen atoms in total. The molecule has 0 aromatic heterocycles. The molecule has 0 radical (unpaired) electrons. The number of amides is 1. The molecule has 106 valence electrons. The first kappa shape index (κ1) is 14.3. The van der Waals surface area contributed by atoms with Crippen LogP contribution in [0.25, 0.3) is 10.8 Å². The zero-order chi connectivity index (χ0) is 14.4. The third-order valence-electron chi connectivity index (χ3n) is 3.19. The van der Waals surface area contributed by atoms with Gasteiger partial charge >= 0.3 is 0 Å². The highest BCUT2D eigenvalue weighted by Gasteiger charge is 2.09. The molecule has 0 fully saturated rings. The van der Waals surface area contributed by atoms with Crippen molar-refractivity contribution in [3.8, 4) is 5.75 Å². The van der Waals surface area contributed by atoms with E-state index in [1.165, 1.54) is 5.39 Å². The smallest absolute Gasteiger partial charge is 0.224 e. The lowest BCUT2D eigenvalue weighted by molar-refractivity contribution is -0.124. The monoisotopic (exact) mass is 272 g/mol. The van der Waals surface area contributed by atoms with E-state index in [-0.39, 0.29) is 11.8 Å². The fraction of sp³-hybridized carbons (Fsp3) is 0.312. The van der Waals surface area contributed by atoms with Gasteiger partial charge in [-0.3, -0.25) is 4.79 Å². The molecule has 2 aromatic carbocycles. The minimum atomic E-state index is -0.157. The average Bonchev–Trinajstić information content (AvgIpc) is 2.50. The first-order chi connectivity index (χ1) is 9.70. The van der Waals surface area contributed by atoms with Crippen LogP contribution < -0.4 is 15.8 Å². The lowest BCUT2D eigenvalue weighted by atomic mass is 10.1. The van der Waals surface area contributed by atoms with Crippen LogP contribution in [0.4, 0.5) is 0 Å². The van der Waals surface area contributed by atoms with Crippen LogP contribution >= 0.6 is 0 Å². The van der Waals surface area contributed by atoms with E-state index in [9.17, 15) is 4.79 Å². The fourth-order valence-electron chi connectivity index (χ4n) is 1.88. The highest BCUT2D eigenvalue weighted by atomic mass is 16.5. The molecule has 0 bridgehead atoms. The fourth-order valence-corrected chi connectivity index (χ4v) is 1.88. The topological polar surface area (TPSA) is 64.4 Å². The largest absolute Gasteiger partial charge is 0.492 e. The van der Waals surface area contributed by atoms with E-state index in [1.54, 1.807) is 6.92 Å². The molecule has 1 unspecified atom stereocenters. The number of fused-ring (bicyclic) bond motifs is 1. The van der Waals surface area contributed by atoms with Gasteiger partial charge in [0.15, 0.2) is 0 Å². The van der Waals surface area contributed by atoms with Gasteiger partial charge in [-0.15, -0.1) is 0 Å². The molecule has 1 atom stereocenters. The van der Waals surface area contributed by atoms with E-state index in [1.807, 2.05) is 36.4 Å². The van der Waals surface area contributed by atoms with Gasteiger partial charge in [-0.2, -0.15) is 0 Å². The van der Waals surface area contributed by atoms with Gasteiger partial charge < -0.3 is 15.8 Å². The third kappa shape index (κ3) is 3.71. The molecule has 20 heavy (non-hydrogen) atoms. The molecular formula is C16H20N2O2. The Morgan fingerprint density at radius 2 is 2.00 bits per heavy atom. The van der Waals surface area contributed by atoms with Crippen LogP contribution in [-0.4, -0.2) is 25.6 Å². The summed E-state index contributed by atoms with van der Waals surface area (Å²) in [5, 5.41) is 5.13. The maximum atomic E-state index is 11.5. The van der Waals surface area contributed by atoms with Crippen LogP contribution in [0.5, 0.6) is 5.75 Å². The molecule has 1 amide bonds. The number of rotatable bonds is 6. The van der Waals surface area contributed by atoms with E-state index < -0.39 is 0 Å². The molecule has 0 aliphatic carbocycles.